The highest BCUT2D eigenvalue weighted by molar-refractivity contribution is 6.02. The summed E-state index contributed by atoms with van der Waals surface area (Å²) in [4.78, 5) is 38.8. The molecule has 1 aromatic carbocycles. The molecule has 0 aromatic heterocycles. The van der Waals surface area contributed by atoms with Gasteiger partial charge in [-0.25, -0.2) is 9.18 Å². The van der Waals surface area contributed by atoms with Crippen LogP contribution >= 0.6 is 0 Å². The third-order valence-corrected chi connectivity index (χ3v) is 2.57. The van der Waals surface area contributed by atoms with Gasteiger partial charge in [-0.2, -0.15) is 0 Å². The molecule has 19 heavy (non-hydrogen) atoms. The lowest BCUT2D eigenvalue weighted by Gasteiger charge is -2.12. The Morgan fingerprint density at radius 1 is 1.26 bits per heavy atom. The van der Waals surface area contributed by atoms with Gasteiger partial charge in [0.2, 0.25) is 0 Å². The minimum Gasteiger partial charge on any atom is -0.494 e. The van der Waals surface area contributed by atoms with E-state index in [9.17, 15) is 18.8 Å². The zero-order valence-electron chi connectivity index (χ0n) is 10.0. The molecule has 0 N–H and O–H groups in total. The number of ether oxygens (including phenoxy) is 1. The third kappa shape index (κ3) is 2.54. The summed E-state index contributed by atoms with van der Waals surface area (Å²) in [6, 6.07) is 3.43. The first-order valence-corrected chi connectivity index (χ1v) is 5.44. The van der Waals surface area contributed by atoms with Gasteiger partial charge < -0.3 is 9.57 Å². The molecule has 0 bridgehead atoms. The van der Waals surface area contributed by atoms with Crippen LogP contribution in [0.5, 0.6) is 5.75 Å². The third-order valence-electron chi connectivity index (χ3n) is 2.57. The minimum absolute atomic E-state index is 0.00306. The molecule has 6 nitrogen and oxygen atoms in total. The van der Waals surface area contributed by atoms with Crippen LogP contribution in [0.3, 0.4) is 0 Å². The lowest BCUT2D eigenvalue weighted by molar-refractivity contribution is -0.172. The first kappa shape index (κ1) is 13.0. The van der Waals surface area contributed by atoms with Crippen LogP contribution in [-0.4, -0.2) is 30.0 Å². The van der Waals surface area contributed by atoms with E-state index in [0.29, 0.717) is 5.06 Å². The molecule has 0 spiro atoms. The number of hydroxylamine groups is 2. The monoisotopic (exact) mass is 267 g/mol. The molecular weight excluding hydrogens is 257 g/mol. The fourth-order valence-electron chi connectivity index (χ4n) is 1.59. The van der Waals surface area contributed by atoms with Crippen molar-refractivity contribution < 1.29 is 28.3 Å². The molecule has 0 atom stereocenters. The van der Waals surface area contributed by atoms with Crippen molar-refractivity contribution in [2.75, 3.05) is 7.11 Å². The fourth-order valence-corrected chi connectivity index (χ4v) is 1.59. The molecule has 0 radical (unpaired) electrons. The second kappa shape index (κ2) is 5.05. The average molecular weight is 267 g/mol. The molecule has 2 amide bonds. The van der Waals surface area contributed by atoms with E-state index >= 15 is 0 Å². The van der Waals surface area contributed by atoms with Crippen molar-refractivity contribution in [3.05, 3.63) is 29.6 Å². The molecule has 1 aliphatic heterocycles. The highest BCUT2D eigenvalue weighted by Crippen LogP contribution is 2.19. The van der Waals surface area contributed by atoms with Gasteiger partial charge in [-0.15, -0.1) is 5.06 Å². The summed E-state index contributed by atoms with van der Waals surface area (Å²) in [5.74, 6) is -2.93. The first-order chi connectivity index (χ1) is 9.02. The van der Waals surface area contributed by atoms with Crippen molar-refractivity contribution in [2.45, 2.75) is 12.8 Å². The Hall–Kier alpha value is -2.44. The van der Waals surface area contributed by atoms with Gasteiger partial charge in [-0.05, 0) is 18.2 Å². The summed E-state index contributed by atoms with van der Waals surface area (Å²) in [5.41, 5.74) is -0.120. The Balaban J connectivity index is 2.14. The van der Waals surface area contributed by atoms with Gasteiger partial charge in [0.1, 0.15) is 0 Å². The summed E-state index contributed by atoms with van der Waals surface area (Å²) in [5, 5.41) is 0.407. The number of imide groups is 1. The zero-order chi connectivity index (χ0) is 14.0. The lowest BCUT2D eigenvalue weighted by atomic mass is 10.2. The van der Waals surface area contributed by atoms with Gasteiger partial charge in [0, 0.05) is 12.8 Å². The summed E-state index contributed by atoms with van der Waals surface area (Å²) in [6.07, 6.45) is 0.00612. The van der Waals surface area contributed by atoms with Crippen LogP contribution in [0.15, 0.2) is 18.2 Å². The maximum atomic E-state index is 13.4. The van der Waals surface area contributed by atoms with E-state index in [1.54, 1.807) is 0 Å². The smallest absolute Gasteiger partial charge is 0.364 e. The molecule has 0 aliphatic carbocycles. The molecule has 0 saturated carbocycles. The van der Waals surface area contributed by atoms with Gasteiger partial charge in [-0.1, -0.05) is 0 Å². The Kier molecular flexibility index (Phi) is 3.46. The SMILES string of the molecule is COc1ccc(C(=O)ON2C(=O)CCC2=O)cc1F. The number of methoxy groups -OCH3 is 1. The zero-order valence-corrected chi connectivity index (χ0v) is 10.0. The fraction of sp³-hybridized carbons (Fsp3) is 0.250. The Labute approximate surface area is 107 Å². The molecule has 2 rings (SSSR count). The highest BCUT2D eigenvalue weighted by atomic mass is 19.1. The van der Waals surface area contributed by atoms with Gasteiger partial charge in [0.15, 0.2) is 11.6 Å². The van der Waals surface area contributed by atoms with E-state index < -0.39 is 23.6 Å². The van der Waals surface area contributed by atoms with Crippen molar-refractivity contribution in [1.29, 1.82) is 0 Å². The number of hydrogen-bond acceptors (Lipinski definition) is 5. The van der Waals surface area contributed by atoms with Crippen molar-refractivity contribution >= 4 is 17.8 Å². The molecular formula is C12H10FNO5. The van der Waals surface area contributed by atoms with Crippen molar-refractivity contribution in [1.82, 2.24) is 5.06 Å². The number of benzene rings is 1. The maximum absolute atomic E-state index is 13.4. The van der Waals surface area contributed by atoms with Gasteiger partial charge in [0.05, 0.1) is 12.7 Å². The molecule has 1 aliphatic rings. The summed E-state index contributed by atoms with van der Waals surface area (Å²) < 4.78 is 18.1. The minimum atomic E-state index is -0.981. The van der Waals surface area contributed by atoms with E-state index in [0.717, 1.165) is 6.07 Å². The number of carbonyl (C=O) groups excluding carboxylic acids is 3. The second-order valence-electron chi connectivity index (χ2n) is 3.81. The first-order valence-electron chi connectivity index (χ1n) is 5.44. The highest BCUT2D eigenvalue weighted by Gasteiger charge is 2.33. The average Bonchev–Trinajstić information content (AvgIpc) is 2.70. The second-order valence-corrected chi connectivity index (χ2v) is 3.81. The van der Waals surface area contributed by atoms with Crippen molar-refractivity contribution in [2.24, 2.45) is 0 Å². The summed E-state index contributed by atoms with van der Waals surface area (Å²) >= 11 is 0. The molecule has 100 valence electrons. The summed E-state index contributed by atoms with van der Waals surface area (Å²) in [6.45, 7) is 0. The van der Waals surface area contributed by atoms with Crippen LogP contribution in [-0.2, 0) is 14.4 Å². The van der Waals surface area contributed by atoms with Crippen LogP contribution in [0.2, 0.25) is 0 Å². The normalized spacial score (nSPS) is 14.7. The summed E-state index contributed by atoms with van der Waals surface area (Å²) in [7, 11) is 1.29. The quantitative estimate of drug-likeness (QED) is 0.765. The Bertz CT molecular complexity index is 541. The standard InChI is InChI=1S/C12H10FNO5/c1-18-9-3-2-7(6-8(9)13)12(17)19-14-10(15)4-5-11(14)16/h2-3,6H,4-5H2,1H3. The number of halogens is 1. The van der Waals surface area contributed by atoms with E-state index in [-0.39, 0.29) is 24.2 Å². The Morgan fingerprint density at radius 3 is 2.42 bits per heavy atom. The predicted molar refractivity (Wildman–Crippen MR) is 59.5 cm³/mol. The van der Waals surface area contributed by atoms with E-state index in [1.807, 2.05) is 0 Å². The van der Waals surface area contributed by atoms with Crippen molar-refractivity contribution in [3.63, 3.8) is 0 Å². The van der Waals surface area contributed by atoms with Gasteiger partial charge in [0.25, 0.3) is 11.8 Å². The van der Waals surface area contributed by atoms with Crippen LogP contribution in [0.4, 0.5) is 4.39 Å². The van der Waals surface area contributed by atoms with Crippen molar-refractivity contribution in [3.8, 4) is 5.75 Å². The molecule has 1 heterocycles. The molecule has 1 fully saturated rings. The maximum Gasteiger partial charge on any atom is 0.364 e. The number of rotatable bonds is 3. The van der Waals surface area contributed by atoms with Crippen LogP contribution in [0, 0.1) is 5.82 Å². The molecule has 0 unspecified atom stereocenters. The van der Waals surface area contributed by atoms with E-state index in [4.69, 9.17) is 4.74 Å². The van der Waals surface area contributed by atoms with E-state index in [1.165, 1.54) is 19.2 Å². The number of hydrogen-bond donors (Lipinski definition) is 0. The van der Waals surface area contributed by atoms with Crippen LogP contribution < -0.4 is 4.74 Å². The predicted octanol–water partition coefficient (Wildman–Crippen LogP) is 1.06. The number of amides is 2. The topological polar surface area (TPSA) is 72.9 Å². The Morgan fingerprint density at radius 2 is 1.89 bits per heavy atom. The largest absolute Gasteiger partial charge is 0.494 e. The number of nitrogens with zero attached hydrogens (tertiary/aromatic N) is 1. The molecule has 7 heteroatoms. The van der Waals surface area contributed by atoms with Crippen LogP contribution in [0.1, 0.15) is 23.2 Å². The van der Waals surface area contributed by atoms with Crippen LogP contribution in [0.25, 0.3) is 0 Å². The van der Waals surface area contributed by atoms with Gasteiger partial charge >= 0.3 is 5.97 Å². The molecule has 1 aromatic rings. The van der Waals surface area contributed by atoms with Gasteiger partial charge in [-0.3, -0.25) is 9.59 Å². The van der Waals surface area contributed by atoms with E-state index in [2.05, 4.69) is 4.84 Å². The lowest BCUT2D eigenvalue weighted by Crippen LogP contribution is -2.32. The number of carbonyl (C=O) groups is 3. The molecule has 1 saturated heterocycles.